The summed E-state index contributed by atoms with van der Waals surface area (Å²) in [7, 11) is 3.26. The molecule has 3 amide bonds. The lowest BCUT2D eigenvalue weighted by molar-refractivity contribution is -0.228. The van der Waals surface area contributed by atoms with Crippen LogP contribution in [-0.2, 0) is 173 Å². The Morgan fingerprint density at radius 1 is 0.417 bits per heavy atom. The molecule has 0 spiro atoms. The van der Waals surface area contributed by atoms with Crippen LogP contribution in [0.15, 0.2) is 48.6 Å². The highest BCUT2D eigenvalue weighted by atomic mass is 16.6. The van der Waals surface area contributed by atoms with E-state index in [1.165, 1.54) is 13.8 Å². The molecular weight excluding hydrogens is 1680 g/mol. The third kappa shape index (κ3) is 54.3. The van der Waals surface area contributed by atoms with Crippen molar-refractivity contribution in [3.05, 3.63) is 70.8 Å². The van der Waals surface area contributed by atoms with E-state index in [2.05, 4.69) is 5.32 Å². The van der Waals surface area contributed by atoms with Gasteiger partial charge in [-0.05, 0) is 72.9 Å². The van der Waals surface area contributed by atoms with Gasteiger partial charge in [0.25, 0.3) is 11.8 Å². The molecule has 0 bridgehead atoms. The number of carbonyl (C=O) groups excluding carboxylic acids is 6. The first kappa shape index (κ1) is 113. The van der Waals surface area contributed by atoms with Gasteiger partial charge in [-0.1, -0.05) is 38.1 Å². The Kier molecular flexibility index (Phi) is 66.9. The highest BCUT2D eigenvalue weighted by Crippen LogP contribution is 2.32. The number of imide groups is 1. The fraction of sp³-hybridized carbons (Fsp3) is 0.761. The van der Waals surface area contributed by atoms with Gasteiger partial charge in [0.2, 0.25) is 5.91 Å². The van der Waals surface area contributed by atoms with Crippen molar-refractivity contribution in [1.82, 2.24) is 10.2 Å². The average molecular weight is 1820 g/mol. The van der Waals surface area contributed by atoms with Gasteiger partial charge in [-0.2, -0.15) is 0 Å². The van der Waals surface area contributed by atoms with E-state index in [1.807, 2.05) is 0 Å². The molecule has 39 nitrogen and oxygen atoms in total. The molecule has 0 unspecified atom stereocenters. The summed E-state index contributed by atoms with van der Waals surface area (Å²) in [5.74, 6) is -6.12. The SMILES string of the molecule is COCCOCCOCCOCCOCCOCCOCCOCCOCCCCOCCOCCOc1ccc(C[C@@H](C(=O)C[C@H](C(=O)N[C@@H](C)C(=O)Cc2ccc(COC(C)=O)c(CC[C@@H]3O[C@H](C(=O)O)[C@@H](O)[C@H](O)[C@H]3O)c2)C(C)C)N2C(=O)C=CC2=O)cc1OCCOCCOCCOCCOCCOCCOCCOCCOCCOCCOCCOC. The zero-order valence-corrected chi connectivity index (χ0v) is 75.3. The number of carboxylic acid groups (broad SMARTS) is 1. The van der Waals surface area contributed by atoms with Gasteiger partial charge >= 0.3 is 11.9 Å². The molecule has 728 valence electrons. The predicted molar refractivity (Wildman–Crippen MR) is 454 cm³/mol. The lowest BCUT2D eigenvalue weighted by Gasteiger charge is -2.39. The second-order valence-corrected chi connectivity index (χ2v) is 29.2. The van der Waals surface area contributed by atoms with Crippen molar-refractivity contribution < 1.29 is 177 Å². The number of hydrogen-bond donors (Lipinski definition) is 5. The minimum absolute atomic E-state index is 0.0427. The molecule has 2 aromatic carbocycles. The highest BCUT2D eigenvalue weighted by molar-refractivity contribution is 6.15. The fourth-order valence-electron chi connectivity index (χ4n) is 12.1. The first-order valence-corrected chi connectivity index (χ1v) is 43.8. The van der Waals surface area contributed by atoms with E-state index in [-0.39, 0.29) is 77.7 Å². The molecular formula is C88H144N2O37. The first-order valence-electron chi connectivity index (χ1n) is 43.8. The fourth-order valence-corrected chi connectivity index (χ4v) is 12.1. The Hall–Kier alpha value is -6.37. The monoisotopic (exact) mass is 1820 g/mol. The number of carboxylic acids is 1. The van der Waals surface area contributed by atoms with E-state index in [4.69, 9.17) is 123 Å². The van der Waals surface area contributed by atoms with Crippen LogP contribution < -0.4 is 14.8 Å². The summed E-state index contributed by atoms with van der Waals surface area (Å²) in [6, 6.07) is 7.43. The summed E-state index contributed by atoms with van der Waals surface area (Å²) in [4.78, 5) is 94.4. The second kappa shape index (κ2) is 75.2. The Bertz CT molecular complexity index is 3190. The molecule has 127 heavy (non-hydrogen) atoms. The van der Waals surface area contributed by atoms with Crippen molar-refractivity contribution in [2.75, 3.05) is 305 Å². The summed E-state index contributed by atoms with van der Waals surface area (Å²) in [5.41, 5.74) is 2.03. The minimum atomic E-state index is -1.88. The molecule has 0 aromatic heterocycles. The number of nitrogens with zero attached hydrogens (tertiary/aromatic N) is 1. The summed E-state index contributed by atoms with van der Waals surface area (Å²) >= 11 is 0. The number of hydrogen-bond acceptors (Lipinski definition) is 36. The number of carbonyl (C=O) groups is 7. The molecule has 0 aliphatic carbocycles. The summed E-state index contributed by atoms with van der Waals surface area (Å²) < 4.78 is 144. The third-order valence-corrected chi connectivity index (χ3v) is 19.1. The average Bonchev–Trinajstić information content (AvgIpc) is 1.80. The number of aliphatic hydroxyl groups excluding tert-OH is 3. The molecule has 8 atom stereocenters. The molecule has 2 aliphatic rings. The predicted octanol–water partition coefficient (Wildman–Crippen LogP) is 2.16. The van der Waals surface area contributed by atoms with Crippen LogP contribution in [0.2, 0.25) is 0 Å². The highest BCUT2D eigenvalue weighted by Gasteiger charge is 2.47. The smallest absolute Gasteiger partial charge is 0.335 e. The zero-order valence-electron chi connectivity index (χ0n) is 75.3. The van der Waals surface area contributed by atoms with Crippen molar-refractivity contribution in [3.63, 3.8) is 0 Å². The number of methoxy groups -OCH3 is 2. The third-order valence-electron chi connectivity index (χ3n) is 19.1. The molecule has 0 radical (unpaired) electrons. The van der Waals surface area contributed by atoms with Gasteiger partial charge in [-0.25, -0.2) is 4.79 Å². The number of aryl methyl sites for hydroxylation is 1. The standard InChI is InChI=1S/C88H144N2O37/c1-67(2)74(87(99)89-68(3)76(92)63-70-9-11-73(66-126-69(4)91)72(61-70)12-14-79-83(96)84(97)85(98)86(127-79)88(100)101)65-77(93)75(90-81(94)15-16-82(90)95)62-71-10-13-78(124-59-57-122-26-24-105-18-8-7-17-104-23-25-108-31-32-111-37-38-114-43-44-115-41-39-112-35-33-109-29-27-106-21-19-102-5)80(64-71)125-60-58-123-56-55-121-54-53-120-52-51-119-50-49-118-48-47-117-46-45-116-42-40-113-36-34-110-30-28-107-22-20-103-6/h9-11,13,15-16,61,64,67-68,74-75,79,83-86,96-98H,7-8,12,14,17-60,62-63,65-66H2,1-6H3,(H,89,99)(H,100,101)/t68-,74-,75-,79-,83-,84+,85-,86-/m0/s1. The van der Waals surface area contributed by atoms with Crippen molar-refractivity contribution in [2.45, 2.75) is 122 Å². The van der Waals surface area contributed by atoms with Gasteiger partial charge < -0.3 is 149 Å². The maximum atomic E-state index is 14.8. The van der Waals surface area contributed by atoms with Crippen LogP contribution in [0.4, 0.5) is 0 Å². The number of Topliss-reactive ketones (excluding diaryl/α,β-unsaturated/α-hetero) is 2. The van der Waals surface area contributed by atoms with Crippen LogP contribution in [0, 0.1) is 11.8 Å². The Balaban J connectivity index is 1.20. The number of rotatable bonds is 88. The molecule has 5 N–H and O–H groups in total. The number of ketones is 2. The maximum Gasteiger partial charge on any atom is 0.335 e. The zero-order chi connectivity index (χ0) is 91.8. The van der Waals surface area contributed by atoms with E-state index in [0.29, 0.717) is 279 Å². The topological polar surface area (TPSA) is 456 Å². The van der Waals surface area contributed by atoms with Gasteiger partial charge in [-0.3, -0.25) is 33.7 Å². The maximum absolute atomic E-state index is 14.8. The Labute approximate surface area is 746 Å². The Morgan fingerprint density at radius 3 is 1.13 bits per heavy atom. The van der Waals surface area contributed by atoms with E-state index in [9.17, 15) is 54.0 Å². The van der Waals surface area contributed by atoms with Gasteiger partial charge in [0.15, 0.2) is 29.2 Å². The van der Waals surface area contributed by atoms with Crippen molar-refractivity contribution >= 4 is 41.2 Å². The van der Waals surface area contributed by atoms with E-state index < -0.39 is 102 Å². The minimum Gasteiger partial charge on any atom is -0.487 e. The van der Waals surface area contributed by atoms with Gasteiger partial charge in [0, 0.05) is 71.7 Å². The molecule has 4 rings (SSSR count). The number of benzene rings is 2. The molecule has 1 fully saturated rings. The van der Waals surface area contributed by atoms with Gasteiger partial charge in [0.05, 0.1) is 276 Å². The van der Waals surface area contributed by atoms with Crippen LogP contribution in [-0.4, -0.2) is 414 Å². The number of ether oxygens (including phenoxy) is 26. The van der Waals surface area contributed by atoms with E-state index >= 15 is 0 Å². The Morgan fingerprint density at radius 2 is 0.772 bits per heavy atom. The normalized spacial score (nSPS) is 16.6. The quantitative estimate of drug-likeness (QED) is 0.0360. The van der Waals surface area contributed by atoms with Gasteiger partial charge in [0.1, 0.15) is 44.2 Å². The van der Waals surface area contributed by atoms with Crippen molar-refractivity contribution in [1.29, 1.82) is 0 Å². The molecule has 0 saturated carbocycles. The number of nitrogens with one attached hydrogen (secondary N) is 1. The largest absolute Gasteiger partial charge is 0.487 e. The summed E-state index contributed by atoms with van der Waals surface area (Å²) in [5, 5.41) is 43.7. The summed E-state index contributed by atoms with van der Waals surface area (Å²) in [6.07, 6.45) is -5.38. The van der Waals surface area contributed by atoms with Crippen LogP contribution >= 0.6 is 0 Å². The molecule has 1 saturated heterocycles. The lowest BCUT2D eigenvalue weighted by atomic mass is 9.86. The van der Waals surface area contributed by atoms with E-state index in [0.717, 1.165) is 29.9 Å². The molecule has 2 heterocycles. The lowest BCUT2D eigenvalue weighted by Crippen LogP contribution is -2.59. The first-order chi connectivity index (χ1) is 61.9. The number of unbranched alkanes of at least 4 members (excludes halogenated alkanes) is 1. The second-order valence-electron chi connectivity index (χ2n) is 29.2. The summed E-state index contributed by atoms with van der Waals surface area (Å²) in [6.45, 7) is 24.4. The van der Waals surface area contributed by atoms with Crippen molar-refractivity contribution in [2.24, 2.45) is 11.8 Å². The van der Waals surface area contributed by atoms with Crippen LogP contribution in [0.5, 0.6) is 11.5 Å². The van der Waals surface area contributed by atoms with Crippen LogP contribution in [0.1, 0.15) is 75.6 Å². The number of amides is 3. The van der Waals surface area contributed by atoms with Crippen LogP contribution in [0.3, 0.4) is 0 Å². The molecule has 39 heteroatoms. The van der Waals surface area contributed by atoms with Crippen molar-refractivity contribution in [3.8, 4) is 11.5 Å². The van der Waals surface area contributed by atoms with E-state index in [1.54, 1.807) is 64.5 Å². The number of esters is 1. The molecule has 2 aromatic rings. The van der Waals surface area contributed by atoms with Gasteiger partial charge in [-0.15, -0.1) is 0 Å². The molecule has 2 aliphatic heterocycles. The number of aliphatic carboxylic acids is 1. The number of aliphatic hydroxyl groups is 3. The van der Waals surface area contributed by atoms with Crippen LogP contribution in [0.25, 0.3) is 0 Å².